The number of anilines is 1. The van der Waals surface area contributed by atoms with E-state index in [1.165, 1.54) is 12.1 Å². The molecule has 1 aliphatic rings. The number of aliphatic hydroxyl groups is 1. The quantitative estimate of drug-likeness (QED) is 0.497. The summed E-state index contributed by atoms with van der Waals surface area (Å²) in [7, 11) is 0. The number of pyridine rings is 1. The van der Waals surface area contributed by atoms with E-state index in [2.05, 4.69) is 15.4 Å². The molecule has 0 fully saturated rings. The molecule has 0 bridgehead atoms. The molecule has 3 aromatic rings. The van der Waals surface area contributed by atoms with Crippen molar-refractivity contribution in [1.29, 1.82) is 0 Å². The fourth-order valence-corrected chi connectivity index (χ4v) is 3.86. The van der Waals surface area contributed by atoms with Gasteiger partial charge in [-0.1, -0.05) is 24.3 Å². The van der Waals surface area contributed by atoms with Crippen LogP contribution in [0.2, 0.25) is 0 Å². The number of rotatable bonds is 8. The van der Waals surface area contributed by atoms with Crippen LogP contribution in [-0.4, -0.2) is 37.5 Å². The molecular formula is C24H25FN4O3. The van der Waals surface area contributed by atoms with Crippen molar-refractivity contribution in [3.05, 3.63) is 83.1 Å². The first-order valence-corrected chi connectivity index (χ1v) is 10.6. The highest BCUT2D eigenvalue weighted by atomic mass is 19.1. The molecule has 2 unspecified atom stereocenters. The lowest BCUT2D eigenvalue weighted by Crippen LogP contribution is -2.14. The van der Waals surface area contributed by atoms with Crippen LogP contribution < -0.4 is 5.32 Å². The first-order valence-electron chi connectivity index (χ1n) is 10.6. The van der Waals surface area contributed by atoms with Crippen LogP contribution in [-0.2, 0) is 17.8 Å². The van der Waals surface area contributed by atoms with E-state index < -0.39 is 23.8 Å². The Balaban J connectivity index is 1.44. The van der Waals surface area contributed by atoms with Crippen molar-refractivity contribution in [3.8, 4) is 0 Å². The Labute approximate surface area is 185 Å². The topological polar surface area (TPSA) is 100 Å². The number of carboxylic acids is 1. The lowest BCUT2D eigenvalue weighted by Gasteiger charge is -2.18. The average molecular weight is 436 g/mol. The first-order chi connectivity index (χ1) is 15.5. The zero-order valence-corrected chi connectivity index (χ0v) is 17.5. The normalized spacial score (nSPS) is 15.2. The number of aryl methyl sites for hydroxylation is 1. The molecule has 2 aromatic heterocycles. The number of nitrogens with one attached hydrogen (secondary N) is 1. The minimum Gasteiger partial charge on any atom is -0.481 e. The van der Waals surface area contributed by atoms with E-state index in [4.69, 9.17) is 0 Å². The van der Waals surface area contributed by atoms with E-state index in [1.54, 1.807) is 41.4 Å². The zero-order valence-electron chi connectivity index (χ0n) is 17.5. The molecule has 3 heterocycles. The summed E-state index contributed by atoms with van der Waals surface area (Å²) in [5, 5.41) is 27.3. The third-order valence-corrected chi connectivity index (χ3v) is 5.49. The van der Waals surface area contributed by atoms with Gasteiger partial charge in [0.25, 0.3) is 0 Å². The number of aliphatic hydroxyl groups excluding tert-OH is 1. The maximum Gasteiger partial charge on any atom is 0.304 e. The van der Waals surface area contributed by atoms with Crippen LogP contribution in [0.5, 0.6) is 0 Å². The Kier molecular flexibility index (Phi) is 6.61. The van der Waals surface area contributed by atoms with Crippen LogP contribution in [0.15, 0.2) is 54.9 Å². The number of carbonyl (C=O) groups is 1. The highest BCUT2D eigenvalue weighted by Crippen LogP contribution is 2.24. The number of fused-ring (bicyclic) bond motifs is 1. The van der Waals surface area contributed by atoms with E-state index >= 15 is 0 Å². The second kappa shape index (κ2) is 9.74. The minimum atomic E-state index is -0.957. The van der Waals surface area contributed by atoms with Crippen LogP contribution in [0.25, 0.3) is 6.08 Å². The molecular weight excluding hydrogens is 411 g/mol. The van der Waals surface area contributed by atoms with Gasteiger partial charge < -0.3 is 15.5 Å². The van der Waals surface area contributed by atoms with E-state index in [0.29, 0.717) is 17.8 Å². The Morgan fingerprint density at radius 1 is 1.31 bits per heavy atom. The molecule has 8 heteroatoms. The smallest absolute Gasteiger partial charge is 0.304 e. The van der Waals surface area contributed by atoms with Gasteiger partial charge in [0.2, 0.25) is 0 Å². The summed E-state index contributed by atoms with van der Waals surface area (Å²) in [6, 6.07) is 9.81. The predicted octanol–water partition coefficient (Wildman–Crippen LogP) is 3.78. The molecule has 0 amide bonds. The molecule has 0 aliphatic carbocycles. The van der Waals surface area contributed by atoms with Crippen molar-refractivity contribution >= 4 is 17.9 Å². The largest absolute Gasteiger partial charge is 0.481 e. The summed E-state index contributed by atoms with van der Waals surface area (Å²) >= 11 is 0. The minimum absolute atomic E-state index is 0.134. The number of hydrogen-bond acceptors (Lipinski definition) is 5. The fraction of sp³-hybridized carbons (Fsp3) is 0.292. The van der Waals surface area contributed by atoms with Crippen LogP contribution in [0.1, 0.15) is 47.2 Å². The molecule has 32 heavy (non-hydrogen) atoms. The molecule has 3 N–H and O–H groups in total. The monoisotopic (exact) mass is 436 g/mol. The molecule has 0 radical (unpaired) electrons. The van der Waals surface area contributed by atoms with Crippen molar-refractivity contribution in [1.82, 2.24) is 14.8 Å². The number of aromatic nitrogens is 3. The zero-order chi connectivity index (χ0) is 22.5. The highest BCUT2D eigenvalue weighted by molar-refractivity contribution is 5.68. The van der Waals surface area contributed by atoms with Crippen molar-refractivity contribution in [2.45, 2.75) is 37.8 Å². The van der Waals surface area contributed by atoms with Crippen LogP contribution >= 0.6 is 0 Å². The second-order valence-corrected chi connectivity index (χ2v) is 7.92. The van der Waals surface area contributed by atoms with Gasteiger partial charge in [0, 0.05) is 30.8 Å². The Morgan fingerprint density at radius 2 is 2.19 bits per heavy atom. The molecule has 0 saturated heterocycles. The maximum atomic E-state index is 13.6. The van der Waals surface area contributed by atoms with E-state index in [0.717, 1.165) is 36.3 Å². The number of nitrogens with zero attached hydrogens (tertiary/aromatic N) is 3. The number of halogens is 1. The molecule has 0 saturated carbocycles. The molecule has 1 aliphatic heterocycles. The number of benzene rings is 1. The van der Waals surface area contributed by atoms with Gasteiger partial charge in [0.15, 0.2) is 0 Å². The Bertz CT molecular complexity index is 1130. The van der Waals surface area contributed by atoms with Crippen LogP contribution in [0.3, 0.4) is 0 Å². The van der Waals surface area contributed by atoms with Gasteiger partial charge in [-0.3, -0.25) is 9.48 Å². The Hall–Kier alpha value is -3.52. The lowest BCUT2D eigenvalue weighted by molar-refractivity contribution is -0.137. The number of hydrogen-bond donors (Lipinski definition) is 3. The van der Waals surface area contributed by atoms with Gasteiger partial charge in [-0.05, 0) is 48.2 Å². The summed E-state index contributed by atoms with van der Waals surface area (Å²) in [4.78, 5) is 15.8. The number of aliphatic carboxylic acids is 1. The van der Waals surface area contributed by atoms with E-state index in [9.17, 15) is 19.4 Å². The molecule has 7 nitrogen and oxygen atoms in total. The van der Waals surface area contributed by atoms with Crippen LogP contribution in [0, 0.1) is 5.82 Å². The third-order valence-electron chi connectivity index (χ3n) is 5.49. The summed E-state index contributed by atoms with van der Waals surface area (Å²) in [6.45, 7) is 1.18. The first kappa shape index (κ1) is 21.7. The molecule has 0 spiro atoms. The summed E-state index contributed by atoms with van der Waals surface area (Å²) in [6.07, 6.45) is 7.85. The fourth-order valence-electron chi connectivity index (χ4n) is 3.86. The molecule has 4 rings (SSSR count). The van der Waals surface area contributed by atoms with Gasteiger partial charge in [-0.2, -0.15) is 5.10 Å². The highest BCUT2D eigenvalue weighted by Gasteiger charge is 2.18. The van der Waals surface area contributed by atoms with Gasteiger partial charge in [-0.25, -0.2) is 9.37 Å². The van der Waals surface area contributed by atoms with Crippen molar-refractivity contribution in [2.75, 3.05) is 11.9 Å². The summed E-state index contributed by atoms with van der Waals surface area (Å²) in [5.41, 5.74) is 3.09. The lowest BCUT2D eigenvalue weighted by atomic mass is 9.95. The average Bonchev–Trinajstić information content (AvgIpc) is 3.23. The summed E-state index contributed by atoms with van der Waals surface area (Å²) < 4.78 is 15.2. The third kappa shape index (κ3) is 5.39. The molecule has 1 aromatic carbocycles. The Morgan fingerprint density at radius 3 is 3.00 bits per heavy atom. The standard InChI is InChI=1S/C24H25FN4O3/c25-20-5-1-3-18(11-20)19(12-23(31)32)15-29-14-16(13-27-29)6-9-22(30)21-8-7-17-4-2-10-26-24(17)28-21/h1,3,5-9,11,13-14,19,22,30H,2,4,10,12,15H2,(H,26,28)(H,31,32)/b9-6+. The second-order valence-electron chi connectivity index (χ2n) is 7.92. The van der Waals surface area contributed by atoms with Gasteiger partial charge in [-0.15, -0.1) is 0 Å². The van der Waals surface area contributed by atoms with Gasteiger partial charge in [0.1, 0.15) is 17.7 Å². The van der Waals surface area contributed by atoms with Crippen molar-refractivity contribution < 1.29 is 19.4 Å². The van der Waals surface area contributed by atoms with Crippen molar-refractivity contribution in [2.24, 2.45) is 0 Å². The summed E-state index contributed by atoms with van der Waals surface area (Å²) in [5.74, 6) is -0.947. The van der Waals surface area contributed by atoms with E-state index in [-0.39, 0.29) is 6.42 Å². The van der Waals surface area contributed by atoms with Gasteiger partial charge in [0.05, 0.1) is 18.3 Å². The predicted molar refractivity (Wildman–Crippen MR) is 119 cm³/mol. The van der Waals surface area contributed by atoms with Crippen LogP contribution in [0.4, 0.5) is 10.2 Å². The molecule has 2 atom stereocenters. The van der Waals surface area contributed by atoms with Crippen molar-refractivity contribution in [3.63, 3.8) is 0 Å². The molecule has 166 valence electrons. The number of carboxylic acid groups (broad SMARTS) is 1. The SMILES string of the molecule is O=C(O)CC(Cn1cc(/C=C/C(O)c2ccc3c(n2)NCCC3)cn1)c1cccc(F)c1. The van der Waals surface area contributed by atoms with E-state index in [1.807, 2.05) is 12.1 Å². The maximum absolute atomic E-state index is 13.6. The van der Waals surface area contributed by atoms with Gasteiger partial charge >= 0.3 is 5.97 Å².